The molecule has 0 radical (unpaired) electrons. The summed E-state index contributed by atoms with van der Waals surface area (Å²) in [6, 6.07) is 8.04. The number of sulfonamides is 1. The smallest absolute Gasteiger partial charge is 0.214 e. The monoisotopic (exact) mass is 325 g/mol. The van der Waals surface area contributed by atoms with Crippen molar-refractivity contribution in [1.29, 1.82) is 0 Å². The van der Waals surface area contributed by atoms with E-state index in [-0.39, 0.29) is 5.75 Å². The maximum absolute atomic E-state index is 12.2. The second kappa shape index (κ2) is 7.97. The van der Waals surface area contributed by atoms with Crippen molar-refractivity contribution < 1.29 is 13.2 Å². The molecule has 1 fully saturated rings. The van der Waals surface area contributed by atoms with Gasteiger partial charge in [-0.2, -0.15) is 0 Å². The first kappa shape index (κ1) is 17.3. The Morgan fingerprint density at radius 3 is 2.64 bits per heavy atom. The Morgan fingerprint density at radius 2 is 2.00 bits per heavy atom. The number of hydrogen-bond donors (Lipinski definition) is 0. The van der Waals surface area contributed by atoms with Crippen LogP contribution in [0.1, 0.15) is 38.2 Å². The molecule has 1 aliphatic heterocycles. The zero-order valence-corrected chi connectivity index (χ0v) is 14.4. The lowest BCUT2D eigenvalue weighted by atomic mass is 9.99. The van der Waals surface area contributed by atoms with E-state index in [0.717, 1.165) is 31.4 Å². The Hall–Kier alpha value is -1.07. The van der Waals surface area contributed by atoms with Crippen LogP contribution in [0.5, 0.6) is 5.75 Å². The Balaban J connectivity index is 1.77. The van der Waals surface area contributed by atoms with Crippen LogP contribution < -0.4 is 4.74 Å². The molecular formula is C17H27NO3S. The quantitative estimate of drug-likeness (QED) is 0.773. The summed E-state index contributed by atoms with van der Waals surface area (Å²) in [6.07, 6.45) is 3.44. The van der Waals surface area contributed by atoms with E-state index in [1.165, 1.54) is 5.56 Å². The molecule has 0 amide bonds. The maximum atomic E-state index is 12.2. The van der Waals surface area contributed by atoms with Gasteiger partial charge in [0.25, 0.3) is 0 Å². The lowest BCUT2D eigenvalue weighted by molar-refractivity contribution is 0.185. The number of piperidine rings is 1. The van der Waals surface area contributed by atoms with Crippen LogP contribution in [0.2, 0.25) is 0 Å². The number of unbranched alkanes of at least 4 members (excludes halogenated alkanes) is 1. The van der Waals surface area contributed by atoms with Gasteiger partial charge in [-0.1, -0.05) is 25.5 Å². The van der Waals surface area contributed by atoms with Gasteiger partial charge in [-0.15, -0.1) is 0 Å². The molecule has 0 spiro atoms. The minimum atomic E-state index is -3.05. The van der Waals surface area contributed by atoms with E-state index >= 15 is 0 Å². The van der Waals surface area contributed by atoms with E-state index in [0.29, 0.717) is 25.6 Å². The van der Waals surface area contributed by atoms with Crippen molar-refractivity contribution in [3.8, 4) is 5.75 Å². The van der Waals surface area contributed by atoms with Crippen LogP contribution in [-0.2, 0) is 10.0 Å². The number of ether oxygens (including phenoxy) is 1. The molecular weight excluding hydrogens is 298 g/mol. The normalized spacial score (nSPS) is 17.5. The van der Waals surface area contributed by atoms with Crippen LogP contribution in [0.15, 0.2) is 24.3 Å². The van der Waals surface area contributed by atoms with Crippen LogP contribution in [0.25, 0.3) is 0 Å². The molecule has 0 unspecified atom stereocenters. The zero-order chi connectivity index (χ0) is 16.0. The molecule has 1 aliphatic rings. The summed E-state index contributed by atoms with van der Waals surface area (Å²) in [7, 11) is -3.05. The molecule has 124 valence electrons. The number of rotatable bonds is 7. The lowest BCUT2D eigenvalue weighted by Crippen LogP contribution is -2.40. The maximum Gasteiger partial charge on any atom is 0.214 e. The highest BCUT2D eigenvalue weighted by molar-refractivity contribution is 7.89. The first-order valence-corrected chi connectivity index (χ1v) is 9.79. The van der Waals surface area contributed by atoms with Crippen LogP contribution in [0.3, 0.4) is 0 Å². The fraction of sp³-hybridized carbons (Fsp3) is 0.647. The molecule has 1 saturated heterocycles. The van der Waals surface area contributed by atoms with Crippen molar-refractivity contribution >= 4 is 10.0 Å². The number of hydrogen-bond acceptors (Lipinski definition) is 3. The standard InChI is InChI=1S/C17H27NO3S/c1-3-4-12-22(19,20)18-10-8-16(9-11-18)14-21-17-7-5-6-15(2)13-17/h5-7,13,16H,3-4,8-12,14H2,1-2H3. The number of aryl methyl sites for hydroxylation is 1. The average Bonchev–Trinajstić information content (AvgIpc) is 2.51. The van der Waals surface area contributed by atoms with Crippen molar-refractivity contribution in [3.63, 3.8) is 0 Å². The molecule has 1 aromatic carbocycles. The first-order valence-electron chi connectivity index (χ1n) is 8.18. The van der Waals surface area contributed by atoms with Gasteiger partial charge in [0.1, 0.15) is 5.75 Å². The third-order valence-electron chi connectivity index (χ3n) is 4.20. The second-order valence-corrected chi connectivity index (χ2v) is 8.23. The molecule has 22 heavy (non-hydrogen) atoms. The molecule has 2 rings (SSSR count). The van der Waals surface area contributed by atoms with E-state index in [4.69, 9.17) is 4.74 Å². The fourth-order valence-corrected chi connectivity index (χ4v) is 4.41. The summed E-state index contributed by atoms with van der Waals surface area (Å²) in [6.45, 7) is 6.00. The first-order chi connectivity index (χ1) is 10.5. The lowest BCUT2D eigenvalue weighted by Gasteiger charge is -2.31. The van der Waals surface area contributed by atoms with E-state index in [9.17, 15) is 8.42 Å². The van der Waals surface area contributed by atoms with Gasteiger partial charge in [0.05, 0.1) is 12.4 Å². The predicted octanol–water partition coefficient (Wildman–Crippen LogP) is 3.22. The van der Waals surface area contributed by atoms with Crippen LogP contribution in [-0.4, -0.2) is 38.2 Å². The summed E-state index contributed by atoms with van der Waals surface area (Å²) in [5.41, 5.74) is 1.19. The summed E-state index contributed by atoms with van der Waals surface area (Å²) in [5.74, 6) is 1.63. The van der Waals surface area contributed by atoms with Gasteiger partial charge >= 0.3 is 0 Å². The van der Waals surface area contributed by atoms with Gasteiger partial charge in [0.2, 0.25) is 10.0 Å². The van der Waals surface area contributed by atoms with Crippen LogP contribution in [0, 0.1) is 12.8 Å². The number of benzene rings is 1. The van der Waals surface area contributed by atoms with Gasteiger partial charge in [-0.05, 0) is 49.8 Å². The molecule has 0 N–H and O–H groups in total. The molecule has 0 aliphatic carbocycles. The summed E-state index contributed by atoms with van der Waals surface area (Å²) < 4.78 is 31.8. The van der Waals surface area contributed by atoms with Gasteiger partial charge in [-0.3, -0.25) is 0 Å². The largest absolute Gasteiger partial charge is 0.493 e. The van der Waals surface area contributed by atoms with Gasteiger partial charge in [0, 0.05) is 13.1 Å². The third kappa shape index (κ3) is 4.99. The highest BCUT2D eigenvalue weighted by Gasteiger charge is 2.27. The van der Waals surface area contributed by atoms with E-state index in [1.54, 1.807) is 4.31 Å². The van der Waals surface area contributed by atoms with Gasteiger partial charge in [0.15, 0.2) is 0 Å². The molecule has 0 aromatic heterocycles. The predicted molar refractivity (Wildman–Crippen MR) is 89.7 cm³/mol. The minimum absolute atomic E-state index is 0.286. The summed E-state index contributed by atoms with van der Waals surface area (Å²) in [5, 5.41) is 0. The van der Waals surface area contributed by atoms with Crippen molar-refractivity contribution in [2.45, 2.75) is 39.5 Å². The van der Waals surface area contributed by atoms with Crippen molar-refractivity contribution in [3.05, 3.63) is 29.8 Å². The molecule has 0 saturated carbocycles. The Bertz CT molecular complexity index is 563. The molecule has 0 atom stereocenters. The van der Waals surface area contributed by atoms with Crippen molar-refractivity contribution in [1.82, 2.24) is 4.31 Å². The highest BCUT2D eigenvalue weighted by Crippen LogP contribution is 2.22. The molecule has 1 heterocycles. The second-order valence-electron chi connectivity index (χ2n) is 6.14. The number of nitrogens with zero attached hydrogens (tertiary/aromatic N) is 1. The van der Waals surface area contributed by atoms with E-state index < -0.39 is 10.0 Å². The Labute approximate surface area is 134 Å². The fourth-order valence-electron chi connectivity index (χ4n) is 2.73. The zero-order valence-electron chi connectivity index (χ0n) is 13.6. The summed E-state index contributed by atoms with van der Waals surface area (Å²) >= 11 is 0. The minimum Gasteiger partial charge on any atom is -0.493 e. The summed E-state index contributed by atoms with van der Waals surface area (Å²) in [4.78, 5) is 0. The van der Waals surface area contributed by atoms with E-state index in [1.807, 2.05) is 38.1 Å². The molecule has 0 bridgehead atoms. The van der Waals surface area contributed by atoms with Gasteiger partial charge in [-0.25, -0.2) is 12.7 Å². The topological polar surface area (TPSA) is 46.6 Å². The average molecular weight is 325 g/mol. The van der Waals surface area contributed by atoms with Crippen LogP contribution in [0.4, 0.5) is 0 Å². The van der Waals surface area contributed by atoms with Gasteiger partial charge < -0.3 is 4.74 Å². The highest BCUT2D eigenvalue weighted by atomic mass is 32.2. The van der Waals surface area contributed by atoms with Crippen LogP contribution >= 0.6 is 0 Å². The molecule has 4 nitrogen and oxygen atoms in total. The Kier molecular flexibility index (Phi) is 6.26. The van der Waals surface area contributed by atoms with Crippen molar-refractivity contribution in [2.75, 3.05) is 25.4 Å². The SMILES string of the molecule is CCCCS(=O)(=O)N1CCC(COc2cccc(C)c2)CC1. The molecule has 1 aromatic rings. The van der Waals surface area contributed by atoms with E-state index in [2.05, 4.69) is 0 Å². The Morgan fingerprint density at radius 1 is 1.27 bits per heavy atom. The molecule has 5 heteroatoms. The third-order valence-corrected chi connectivity index (χ3v) is 6.15. The van der Waals surface area contributed by atoms with Crippen molar-refractivity contribution in [2.24, 2.45) is 5.92 Å².